The van der Waals surface area contributed by atoms with Gasteiger partial charge in [0.05, 0.1) is 7.11 Å². The summed E-state index contributed by atoms with van der Waals surface area (Å²) in [4.78, 5) is 0. The minimum Gasteiger partial charge on any atom is -0.496 e. The van der Waals surface area contributed by atoms with Crippen molar-refractivity contribution in [3.63, 3.8) is 0 Å². The first-order chi connectivity index (χ1) is 10.2. The Bertz CT molecular complexity index is 652. The molecule has 1 unspecified atom stereocenters. The van der Waals surface area contributed by atoms with Crippen LogP contribution in [0.25, 0.3) is 11.1 Å². The number of hydrogen-bond acceptors (Lipinski definition) is 3. The maximum Gasteiger partial charge on any atom is 0.123 e. The lowest BCUT2D eigenvalue weighted by Gasteiger charge is -2.11. The minimum atomic E-state index is 0.283. The zero-order valence-corrected chi connectivity index (χ0v) is 12.8. The number of rotatable bonds is 4. The molecule has 1 N–H and O–H groups in total. The summed E-state index contributed by atoms with van der Waals surface area (Å²) < 4.78 is 11.2. The summed E-state index contributed by atoms with van der Waals surface area (Å²) in [5.41, 5.74) is 4.91. The summed E-state index contributed by atoms with van der Waals surface area (Å²) in [6.07, 6.45) is 1.27. The zero-order valence-electron chi connectivity index (χ0n) is 12.8. The van der Waals surface area contributed by atoms with Crippen LogP contribution < -0.4 is 14.8 Å². The molecule has 0 aromatic heterocycles. The van der Waals surface area contributed by atoms with Gasteiger partial charge in [0.1, 0.15) is 17.6 Å². The molecule has 0 radical (unpaired) electrons. The Morgan fingerprint density at radius 1 is 1.19 bits per heavy atom. The molecule has 0 saturated heterocycles. The summed E-state index contributed by atoms with van der Waals surface area (Å²) in [7, 11) is 3.66. The van der Waals surface area contributed by atoms with E-state index in [1.165, 1.54) is 22.3 Å². The number of nitrogens with one attached hydrogen (secondary N) is 1. The van der Waals surface area contributed by atoms with E-state index in [0.29, 0.717) is 0 Å². The van der Waals surface area contributed by atoms with Gasteiger partial charge in [-0.1, -0.05) is 12.1 Å². The van der Waals surface area contributed by atoms with Gasteiger partial charge in [0.15, 0.2) is 0 Å². The predicted molar refractivity (Wildman–Crippen MR) is 85.0 cm³/mol. The monoisotopic (exact) mass is 283 g/mol. The average Bonchev–Trinajstić information content (AvgIpc) is 2.86. The van der Waals surface area contributed by atoms with Gasteiger partial charge in [-0.25, -0.2) is 0 Å². The Morgan fingerprint density at radius 3 is 2.71 bits per heavy atom. The summed E-state index contributed by atoms with van der Waals surface area (Å²) in [5.74, 6) is 1.95. The number of fused-ring (bicyclic) bond motifs is 1. The van der Waals surface area contributed by atoms with Crippen LogP contribution in [0.5, 0.6) is 11.5 Å². The third-order valence-electron chi connectivity index (χ3n) is 3.88. The smallest absolute Gasteiger partial charge is 0.123 e. The first kappa shape index (κ1) is 14.0. The Morgan fingerprint density at radius 2 is 1.95 bits per heavy atom. The molecule has 0 saturated carbocycles. The number of hydrogen-bond donors (Lipinski definition) is 1. The fraction of sp³-hybridized carbons (Fsp3) is 0.333. The van der Waals surface area contributed by atoms with Gasteiger partial charge in [0, 0.05) is 18.5 Å². The van der Waals surface area contributed by atoms with Gasteiger partial charge in [-0.05, 0) is 54.9 Å². The predicted octanol–water partition coefficient (Wildman–Crippen LogP) is 3.41. The first-order valence-corrected chi connectivity index (χ1v) is 7.32. The van der Waals surface area contributed by atoms with E-state index in [0.717, 1.165) is 24.5 Å². The molecule has 0 fully saturated rings. The molecule has 0 aliphatic carbocycles. The van der Waals surface area contributed by atoms with Crippen LogP contribution in [0, 0.1) is 0 Å². The molecule has 1 aliphatic rings. The van der Waals surface area contributed by atoms with Crippen molar-refractivity contribution >= 4 is 0 Å². The van der Waals surface area contributed by atoms with Crippen LogP contribution in [0.2, 0.25) is 0 Å². The fourth-order valence-electron chi connectivity index (χ4n) is 2.89. The van der Waals surface area contributed by atoms with E-state index in [9.17, 15) is 0 Å². The van der Waals surface area contributed by atoms with Gasteiger partial charge in [-0.3, -0.25) is 0 Å². The van der Waals surface area contributed by atoms with E-state index >= 15 is 0 Å². The second kappa shape index (κ2) is 5.78. The Kier molecular flexibility index (Phi) is 3.84. The van der Waals surface area contributed by atoms with Gasteiger partial charge < -0.3 is 14.8 Å². The van der Waals surface area contributed by atoms with E-state index in [-0.39, 0.29) is 6.10 Å². The summed E-state index contributed by atoms with van der Waals surface area (Å²) in [6.45, 7) is 2.90. The Balaban J connectivity index is 1.97. The highest BCUT2D eigenvalue weighted by Gasteiger charge is 2.19. The van der Waals surface area contributed by atoms with Crippen LogP contribution in [-0.4, -0.2) is 20.3 Å². The molecule has 2 aromatic carbocycles. The van der Waals surface area contributed by atoms with Crippen LogP contribution in [0.15, 0.2) is 36.4 Å². The normalized spacial score (nSPS) is 16.4. The zero-order chi connectivity index (χ0) is 14.8. The van der Waals surface area contributed by atoms with Gasteiger partial charge in [0.2, 0.25) is 0 Å². The summed E-state index contributed by atoms with van der Waals surface area (Å²) >= 11 is 0. The van der Waals surface area contributed by atoms with E-state index in [4.69, 9.17) is 9.47 Å². The second-order valence-corrected chi connectivity index (χ2v) is 5.51. The molecule has 1 aliphatic heterocycles. The van der Waals surface area contributed by atoms with Crippen molar-refractivity contribution in [2.75, 3.05) is 14.2 Å². The summed E-state index contributed by atoms with van der Waals surface area (Å²) in [6, 6.07) is 12.8. The molecule has 110 valence electrons. The van der Waals surface area contributed by atoms with Crippen molar-refractivity contribution in [2.45, 2.75) is 26.0 Å². The molecule has 1 heterocycles. The first-order valence-electron chi connectivity index (χ1n) is 7.32. The van der Waals surface area contributed by atoms with Gasteiger partial charge in [-0.2, -0.15) is 0 Å². The van der Waals surface area contributed by atoms with Crippen molar-refractivity contribution < 1.29 is 9.47 Å². The Labute approximate surface area is 125 Å². The van der Waals surface area contributed by atoms with E-state index in [2.05, 4.69) is 42.6 Å². The summed E-state index contributed by atoms with van der Waals surface area (Å²) in [5, 5.41) is 3.18. The lowest BCUT2D eigenvalue weighted by molar-refractivity contribution is 0.254. The molecule has 0 spiro atoms. The van der Waals surface area contributed by atoms with Gasteiger partial charge >= 0.3 is 0 Å². The molecular formula is C18H21NO2. The quantitative estimate of drug-likeness (QED) is 0.933. The van der Waals surface area contributed by atoms with E-state index in [1.807, 2.05) is 13.1 Å². The van der Waals surface area contributed by atoms with Gasteiger partial charge in [0.25, 0.3) is 0 Å². The van der Waals surface area contributed by atoms with E-state index < -0.39 is 0 Å². The van der Waals surface area contributed by atoms with Crippen LogP contribution in [-0.2, 0) is 13.0 Å². The molecule has 3 nitrogen and oxygen atoms in total. The highest BCUT2D eigenvalue weighted by molar-refractivity contribution is 5.68. The molecule has 21 heavy (non-hydrogen) atoms. The molecule has 1 atom stereocenters. The fourth-order valence-corrected chi connectivity index (χ4v) is 2.89. The lowest BCUT2D eigenvalue weighted by atomic mass is 9.99. The number of ether oxygens (including phenoxy) is 2. The van der Waals surface area contributed by atoms with Crippen molar-refractivity contribution in [3.8, 4) is 22.6 Å². The van der Waals surface area contributed by atoms with Crippen LogP contribution >= 0.6 is 0 Å². The van der Waals surface area contributed by atoms with Crippen molar-refractivity contribution in [1.82, 2.24) is 5.32 Å². The van der Waals surface area contributed by atoms with Crippen LogP contribution in [0.1, 0.15) is 18.1 Å². The highest BCUT2D eigenvalue weighted by Crippen LogP contribution is 2.34. The van der Waals surface area contributed by atoms with Gasteiger partial charge in [-0.15, -0.1) is 0 Å². The number of methoxy groups -OCH3 is 1. The molecule has 0 amide bonds. The van der Waals surface area contributed by atoms with Crippen LogP contribution in [0.3, 0.4) is 0 Å². The van der Waals surface area contributed by atoms with Crippen molar-refractivity contribution in [2.24, 2.45) is 0 Å². The SMILES string of the molecule is CNCc1cc(-c2ccc3c(c2)CC(C)O3)ccc1OC. The topological polar surface area (TPSA) is 30.5 Å². The average molecular weight is 283 g/mol. The van der Waals surface area contributed by atoms with Crippen molar-refractivity contribution in [3.05, 3.63) is 47.5 Å². The molecule has 3 heteroatoms. The lowest BCUT2D eigenvalue weighted by Crippen LogP contribution is -2.06. The third kappa shape index (κ3) is 2.74. The largest absolute Gasteiger partial charge is 0.496 e. The van der Waals surface area contributed by atoms with Crippen LogP contribution in [0.4, 0.5) is 0 Å². The van der Waals surface area contributed by atoms with E-state index in [1.54, 1.807) is 7.11 Å². The third-order valence-corrected chi connectivity index (χ3v) is 3.88. The second-order valence-electron chi connectivity index (χ2n) is 5.51. The maximum absolute atomic E-state index is 5.77. The molecule has 2 aromatic rings. The minimum absolute atomic E-state index is 0.283. The van der Waals surface area contributed by atoms with Crippen molar-refractivity contribution in [1.29, 1.82) is 0 Å². The highest BCUT2D eigenvalue weighted by atomic mass is 16.5. The standard InChI is InChI=1S/C18H21NO2/c1-12-8-15-9-13(5-7-18(15)21-12)14-4-6-17(20-3)16(10-14)11-19-2/h4-7,9-10,12,19H,8,11H2,1-3H3. The Hall–Kier alpha value is -2.00. The maximum atomic E-state index is 5.77. The molecule has 0 bridgehead atoms. The number of benzene rings is 2. The molecular weight excluding hydrogens is 262 g/mol. The molecule has 3 rings (SSSR count).